The topological polar surface area (TPSA) is 52.9 Å². The minimum absolute atomic E-state index is 0.0829. The van der Waals surface area contributed by atoms with Gasteiger partial charge in [0.15, 0.2) is 0 Å². The van der Waals surface area contributed by atoms with Gasteiger partial charge in [-0.3, -0.25) is 4.79 Å². The summed E-state index contributed by atoms with van der Waals surface area (Å²) < 4.78 is 0. The lowest BCUT2D eigenvalue weighted by molar-refractivity contribution is -0.113. The third-order valence-corrected chi connectivity index (χ3v) is 8.26. The molecule has 28 heavy (non-hydrogen) atoms. The van der Waals surface area contributed by atoms with E-state index < -0.39 is 0 Å². The lowest BCUT2D eigenvalue weighted by Crippen LogP contribution is -2.28. The summed E-state index contributed by atoms with van der Waals surface area (Å²) in [6, 6.07) is 9.77. The van der Waals surface area contributed by atoms with Crippen molar-refractivity contribution in [2.75, 3.05) is 11.1 Å². The van der Waals surface area contributed by atoms with Crippen molar-refractivity contribution in [2.45, 2.75) is 51.3 Å². The van der Waals surface area contributed by atoms with Crippen LogP contribution in [0.5, 0.6) is 0 Å². The van der Waals surface area contributed by atoms with Gasteiger partial charge in [-0.2, -0.15) is 5.26 Å². The van der Waals surface area contributed by atoms with Gasteiger partial charge in [0.25, 0.3) is 0 Å². The molecule has 1 aliphatic rings. The summed E-state index contributed by atoms with van der Waals surface area (Å²) in [5.74, 6) is 0.847. The number of halogens is 1. The lowest BCUT2D eigenvalue weighted by atomic mass is 9.69. The molecule has 0 fully saturated rings. The van der Waals surface area contributed by atoms with Crippen molar-refractivity contribution in [3.63, 3.8) is 0 Å². The zero-order valence-corrected chi connectivity index (χ0v) is 18.9. The third-order valence-electron chi connectivity index (χ3n) is 5.83. The fourth-order valence-corrected chi connectivity index (χ4v) is 5.71. The number of fused-ring (bicyclic) bond motifs is 1. The normalized spacial score (nSPS) is 16.3. The van der Waals surface area contributed by atoms with Crippen LogP contribution in [-0.2, 0) is 17.6 Å². The highest BCUT2D eigenvalue weighted by Crippen LogP contribution is 2.45. The number of thiophene rings is 1. The maximum atomic E-state index is 12.4. The van der Waals surface area contributed by atoms with Gasteiger partial charge in [0.2, 0.25) is 5.91 Å². The van der Waals surface area contributed by atoms with Crippen molar-refractivity contribution in [3.05, 3.63) is 45.3 Å². The molecule has 3 nitrogen and oxygen atoms in total. The molecule has 0 unspecified atom stereocenters. The Kier molecular flexibility index (Phi) is 6.75. The Morgan fingerprint density at radius 2 is 2.11 bits per heavy atom. The van der Waals surface area contributed by atoms with Crippen molar-refractivity contribution < 1.29 is 4.79 Å². The van der Waals surface area contributed by atoms with Crippen LogP contribution in [0.2, 0.25) is 5.02 Å². The van der Waals surface area contributed by atoms with Crippen molar-refractivity contribution >= 4 is 45.6 Å². The molecule has 0 aliphatic heterocycles. The number of hydrogen-bond acceptors (Lipinski definition) is 4. The van der Waals surface area contributed by atoms with E-state index in [0.717, 1.165) is 36.1 Å². The number of carbonyl (C=O) groups is 1. The third kappa shape index (κ3) is 4.74. The van der Waals surface area contributed by atoms with E-state index in [0.29, 0.717) is 32.7 Å². The molecule has 1 amide bonds. The standard InChI is InChI=1S/C22H25ClN2OS2/c1-4-22(2,3)14-5-10-17-18(12-24)21(28-19(17)11-14)25-20(26)13-27-16-8-6-15(23)7-9-16/h6-9,14H,4-5,10-11,13H2,1-3H3,(H,25,26)/t14-/m0/s1. The summed E-state index contributed by atoms with van der Waals surface area (Å²) in [7, 11) is 0. The van der Waals surface area contributed by atoms with Crippen LogP contribution in [0.15, 0.2) is 29.2 Å². The number of nitrogens with zero attached hydrogens (tertiary/aromatic N) is 1. The van der Waals surface area contributed by atoms with Crippen LogP contribution in [0.1, 0.15) is 49.6 Å². The molecule has 6 heteroatoms. The lowest BCUT2D eigenvalue weighted by Gasteiger charge is -2.36. The minimum Gasteiger partial charge on any atom is -0.316 e. The van der Waals surface area contributed by atoms with Gasteiger partial charge in [-0.15, -0.1) is 23.1 Å². The maximum Gasteiger partial charge on any atom is 0.235 e. The molecule has 3 rings (SSSR count). The molecule has 1 atom stereocenters. The molecular weight excluding hydrogens is 408 g/mol. The maximum absolute atomic E-state index is 12.4. The highest BCUT2D eigenvalue weighted by atomic mass is 35.5. The van der Waals surface area contributed by atoms with Gasteiger partial charge in [0, 0.05) is 14.8 Å². The Bertz CT molecular complexity index is 896. The van der Waals surface area contributed by atoms with Gasteiger partial charge in [0.05, 0.1) is 11.3 Å². The van der Waals surface area contributed by atoms with Crippen LogP contribution in [0.4, 0.5) is 5.00 Å². The molecule has 2 aromatic rings. The summed E-state index contributed by atoms with van der Waals surface area (Å²) in [5.41, 5.74) is 2.11. The first kappa shape index (κ1) is 21.2. The fourth-order valence-electron chi connectivity index (χ4n) is 3.59. The Morgan fingerprint density at radius 3 is 2.75 bits per heavy atom. The number of nitrogens with one attached hydrogen (secondary N) is 1. The van der Waals surface area contributed by atoms with Crippen LogP contribution in [0.3, 0.4) is 0 Å². The summed E-state index contributed by atoms with van der Waals surface area (Å²) in [5, 5.41) is 14.0. The second-order valence-corrected chi connectivity index (χ2v) is 10.5. The van der Waals surface area contributed by atoms with Crippen molar-refractivity contribution in [1.29, 1.82) is 5.26 Å². The first-order chi connectivity index (χ1) is 13.3. The van der Waals surface area contributed by atoms with E-state index in [2.05, 4.69) is 32.2 Å². The number of thioether (sulfide) groups is 1. The molecule has 1 N–H and O–H groups in total. The van der Waals surface area contributed by atoms with Crippen LogP contribution in [0, 0.1) is 22.7 Å². The molecule has 0 bridgehead atoms. The minimum atomic E-state index is -0.0829. The predicted octanol–water partition coefficient (Wildman–Crippen LogP) is 6.55. The van der Waals surface area contributed by atoms with Gasteiger partial charge in [-0.25, -0.2) is 0 Å². The van der Waals surface area contributed by atoms with E-state index in [9.17, 15) is 10.1 Å². The van der Waals surface area contributed by atoms with Crippen molar-refractivity contribution in [1.82, 2.24) is 0 Å². The number of anilines is 1. The number of nitriles is 1. The molecule has 0 saturated carbocycles. The smallest absolute Gasteiger partial charge is 0.235 e. The van der Waals surface area contributed by atoms with Crippen LogP contribution in [-0.4, -0.2) is 11.7 Å². The van der Waals surface area contributed by atoms with Crippen LogP contribution in [0.25, 0.3) is 0 Å². The van der Waals surface area contributed by atoms with E-state index in [1.807, 2.05) is 24.3 Å². The second-order valence-electron chi connectivity index (χ2n) is 7.89. The molecule has 1 heterocycles. The zero-order chi connectivity index (χ0) is 20.3. The first-order valence-electron chi connectivity index (χ1n) is 9.57. The average Bonchev–Trinajstić information content (AvgIpc) is 3.03. The van der Waals surface area contributed by atoms with Gasteiger partial charge >= 0.3 is 0 Å². The summed E-state index contributed by atoms with van der Waals surface area (Å²) in [6.07, 6.45) is 4.19. The van der Waals surface area contributed by atoms with Gasteiger partial charge in [0.1, 0.15) is 11.1 Å². The van der Waals surface area contributed by atoms with Crippen molar-refractivity contribution in [3.8, 4) is 6.07 Å². The number of rotatable bonds is 6. The molecular formula is C22H25ClN2OS2. The van der Waals surface area contributed by atoms with Crippen molar-refractivity contribution in [2.24, 2.45) is 11.3 Å². The predicted molar refractivity (Wildman–Crippen MR) is 119 cm³/mol. The molecule has 1 aliphatic carbocycles. The molecule has 1 aromatic heterocycles. The molecule has 0 radical (unpaired) electrons. The van der Waals surface area contributed by atoms with Gasteiger partial charge < -0.3 is 5.32 Å². The molecule has 148 valence electrons. The number of carbonyl (C=O) groups excluding carboxylic acids is 1. The Balaban J connectivity index is 1.69. The average molecular weight is 433 g/mol. The van der Waals surface area contributed by atoms with Gasteiger partial charge in [-0.1, -0.05) is 38.8 Å². The van der Waals surface area contributed by atoms with E-state index in [-0.39, 0.29) is 5.91 Å². The van der Waals surface area contributed by atoms with E-state index >= 15 is 0 Å². The molecule has 0 spiro atoms. The summed E-state index contributed by atoms with van der Waals surface area (Å²) >= 11 is 8.94. The second kappa shape index (κ2) is 8.90. The van der Waals surface area contributed by atoms with E-state index in [1.165, 1.54) is 16.6 Å². The van der Waals surface area contributed by atoms with E-state index in [4.69, 9.17) is 11.6 Å². The number of benzene rings is 1. The van der Waals surface area contributed by atoms with Crippen LogP contribution >= 0.6 is 34.7 Å². The summed E-state index contributed by atoms with van der Waals surface area (Å²) in [6.45, 7) is 6.91. The number of hydrogen-bond donors (Lipinski definition) is 1. The monoisotopic (exact) mass is 432 g/mol. The Hall–Kier alpha value is -1.48. The fraction of sp³-hybridized carbons (Fsp3) is 0.455. The zero-order valence-electron chi connectivity index (χ0n) is 16.5. The van der Waals surface area contributed by atoms with Gasteiger partial charge in [-0.05, 0) is 60.4 Å². The number of amides is 1. The van der Waals surface area contributed by atoms with Crippen LogP contribution < -0.4 is 5.32 Å². The quantitative estimate of drug-likeness (QED) is 0.527. The Morgan fingerprint density at radius 1 is 1.39 bits per heavy atom. The summed E-state index contributed by atoms with van der Waals surface area (Å²) in [4.78, 5) is 14.7. The SMILES string of the molecule is CCC(C)(C)[C@H]1CCc2c(sc(NC(=O)CSc3ccc(Cl)cc3)c2C#N)C1. The highest BCUT2D eigenvalue weighted by Gasteiger charge is 2.34. The molecule has 0 saturated heterocycles. The highest BCUT2D eigenvalue weighted by molar-refractivity contribution is 8.00. The first-order valence-corrected chi connectivity index (χ1v) is 11.7. The Labute approximate surface area is 180 Å². The molecule has 1 aromatic carbocycles. The largest absolute Gasteiger partial charge is 0.316 e. The van der Waals surface area contributed by atoms with E-state index in [1.54, 1.807) is 11.3 Å².